The van der Waals surface area contributed by atoms with Crippen LogP contribution in [0.5, 0.6) is 11.5 Å². The summed E-state index contributed by atoms with van der Waals surface area (Å²) in [5.41, 5.74) is 6.66. The minimum atomic E-state index is -0.536. The first-order chi connectivity index (χ1) is 14.5. The average Bonchev–Trinajstić information content (AvgIpc) is 3.18. The summed E-state index contributed by atoms with van der Waals surface area (Å²) in [6.07, 6.45) is 1.17. The van der Waals surface area contributed by atoms with Crippen molar-refractivity contribution in [2.75, 3.05) is 33.9 Å². The van der Waals surface area contributed by atoms with E-state index in [-0.39, 0.29) is 12.5 Å². The maximum absolute atomic E-state index is 13.4. The highest BCUT2D eigenvalue weighted by Crippen LogP contribution is 2.38. The van der Waals surface area contributed by atoms with Crippen molar-refractivity contribution < 1.29 is 23.8 Å². The molecule has 9 heteroatoms. The van der Waals surface area contributed by atoms with Gasteiger partial charge in [-0.2, -0.15) is 0 Å². The van der Waals surface area contributed by atoms with Gasteiger partial charge in [-0.1, -0.05) is 12.1 Å². The number of carbonyl (C=O) groups excluding carboxylic acids is 2. The molecular formula is C21H21N3O5S. The maximum atomic E-state index is 13.4. The van der Waals surface area contributed by atoms with Gasteiger partial charge in [-0.25, -0.2) is 4.98 Å². The summed E-state index contributed by atoms with van der Waals surface area (Å²) in [4.78, 5) is 32.6. The van der Waals surface area contributed by atoms with Gasteiger partial charge in [0, 0.05) is 23.7 Å². The Balaban J connectivity index is 1.70. The van der Waals surface area contributed by atoms with Crippen molar-refractivity contribution in [3.05, 3.63) is 52.5 Å². The number of morpholine rings is 1. The number of aromatic nitrogens is 1. The van der Waals surface area contributed by atoms with Crippen molar-refractivity contribution >= 4 is 33.4 Å². The molecule has 30 heavy (non-hydrogen) atoms. The van der Waals surface area contributed by atoms with E-state index in [1.54, 1.807) is 35.4 Å². The van der Waals surface area contributed by atoms with E-state index >= 15 is 0 Å². The molecule has 156 valence electrons. The number of fused-ring (bicyclic) bond motifs is 1. The number of nitrogens with two attached hydrogens (primary N) is 1. The number of amides is 2. The van der Waals surface area contributed by atoms with Crippen LogP contribution in [0.15, 0.2) is 36.5 Å². The third-order valence-corrected chi connectivity index (χ3v) is 6.19. The molecule has 3 heterocycles. The van der Waals surface area contributed by atoms with Crippen LogP contribution in [0.2, 0.25) is 0 Å². The molecule has 2 amide bonds. The monoisotopic (exact) mass is 427 g/mol. The maximum Gasteiger partial charge on any atom is 0.261 e. The number of rotatable bonds is 5. The Hall–Kier alpha value is -3.17. The van der Waals surface area contributed by atoms with Crippen molar-refractivity contribution in [1.82, 2.24) is 9.88 Å². The fraction of sp³-hybridized carbons (Fsp3) is 0.286. The van der Waals surface area contributed by atoms with Gasteiger partial charge in [-0.05, 0) is 18.2 Å². The Kier molecular flexibility index (Phi) is 5.56. The van der Waals surface area contributed by atoms with Gasteiger partial charge in [-0.15, -0.1) is 11.3 Å². The van der Waals surface area contributed by atoms with E-state index in [0.29, 0.717) is 45.5 Å². The summed E-state index contributed by atoms with van der Waals surface area (Å²) in [5, 5.41) is 0.811. The Morgan fingerprint density at radius 3 is 2.60 bits per heavy atom. The van der Waals surface area contributed by atoms with Crippen LogP contribution in [-0.4, -0.2) is 55.6 Å². The highest BCUT2D eigenvalue weighted by Gasteiger charge is 2.33. The molecule has 0 bridgehead atoms. The molecule has 1 aromatic carbocycles. The fourth-order valence-electron chi connectivity index (χ4n) is 3.68. The Bertz CT molecular complexity index is 1090. The van der Waals surface area contributed by atoms with E-state index in [2.05, 4.69) is 4.98 Å². The second kappa shape index (κ2) is 8.29. The molecule has 1 aliphatic rings. The van der Waals surface area contributed by atoms with Gasteiger partial charge >= 0.3 is 0 Å². The Morgan fingerprint density at radius 1 is 1.20 bits per heavy atom. The summed E-state index contributed by atoms with van der Waals surface area (Å²) >= 11 is 1.23. The Labute approximate surface area is 177 Å². The van der Waals surface area contributed by atoms with Gasteiger partial charge in [0.15, 0.2) is 0 Å². The molecule has 1 unspecified atom stereocenters. The van der Waals surface area contributed by atoms with Gasteiger partial charge < -0.3 is 24.8 Å². The van der Waals surface area contributed by atoms with Gasteiger partial charge in [0.1, 0.15) is 32.9 Å². The molecule has 8 nitrogen and oxygen atoms in total. The lowest BCUT2D eigenvalue weighted by atomic mass is 10.0. The van der Waals surface area contributed by atoms with E-state index in [9.17, 15) is 9.59 Å². The van der Waals surface area contributed by atoms with Gasteiger partial charge in [-0.3, -0.25) is 9.59 Å². The quantitative estimate of drug-likeness (QED) is 0.671. The molecule has 4 rings (SSSR count). The summed E-state index contributed by atoms with van der Waals surface area (Å²) in [6.45, 7) is 0.994. The molecule has 0 radical (unpaired) electrons. The average molecular weight is 427 g/mol. The second-order valence-electron chi connectivity index (χ2n) is 6.71. The first kappa shape index (κ1) is 20.1. The van der Waals surface area contributed by atoms with Crippen molar-refractivity contribution in [3.63, 3.8) is 0 Å². The lowest BCUT2D eigenvalue weighted by molar-refractivity contribution is -0.0224. The number of benzene rings is 1. The van der Waals surface area contributed by atoms with Crippen LogP contribution in [0.25, 0.3) is 10.2 Å². The fourth-order valence-corrected chi connectivity index (χ4v) is 4.73. The molecule has 0 saturated carbocycles. The summed E-state index contributed by atoms with van der Waals surface area (Å²) in [6, 6.07) is 8.89. The summed E-state index contributed by atoms with van der Waals surface area (Å²) in [7, 11) is 3.02. The number of thiophene rings is 1. The molecule has 1 saturated heterocycles. The van der Waals surface area contributed by atoms with E-state index in [1.165, 1.54) is 25.6 Å². The minimum Gasteiger partial charge on any atom is -0.496 e. The molecule has 0 spiro atoms. The highest BCUT2D eigenvalue weighted by molar-refractivity contribution is 7.20. The van der Waals surface area contributed by atoms with Crippen LogP contribution >= 0.6 is 11.3 Å². The van der Waals surface area contributed by atoms with Crippen LogP contribution in [0.3, 0.4) is 0 Å². The van der Waals surface area contributed by atoms with Gasteiger partial charge in [0.05, 0.1) is 27.4 Å². The van der Waals surface area contributed by atoms with Crippen LogP contribution in [0, 0.1) is 0 Å². The Morgan fingerprint density at radius 2 is 1.93 bits per heavy atom. The number of hydrogen-bond acceptors (Lipinski definition) is 7. The van der Waals surface area contributed by atoms with Crippen molar-refractivity contribution in [1.29, 1.82) is 0 Å². The first-order valence-corrected chi connectivity index (χ1v) is 10.2. The van der Waals surface area contributed by atoms with Crippen molar-refractivity contribution in [3.8, 4) is 11.5 Å². The predicted molar refractivity (Wildman–Crippen MR) is 112 cm³/mol. The molecule has 1 fully saturated rings. The topological polar surface area (TPSA) is 104 Å². The van der Waals surface area contributed by atoms with E-state index in [4.69, 9.17) is 19.9 Å². The summed E-state index contributed by atoms with van der Waals surface area (Å²) < 4.78 is 16.7. The van der Waals surface area contributed by atoms with E-state index in [1.807, 2.05) is 6.07 Å². The normalized spacial score (nSPS) is 16.5. The standard InChI is InChI=1S/C21H21N3O5S/c1-27-13-6-3-7-14(28-2)17(13)21(26)24-9-10-29-15(11-24)16-12-5-4-8-23-20(12)30-18(16)19(22)25/h3-8,15H,9-11H2,1-2H3,(H2,22,25). The third-order valence-electron chi connectivity index (χ3n) is 5.05. The molecule has 3 aromatic rings. The van der Waals surface area contributed by atoms with E-state index < -0.39 is 12.0 Å². The number of carbonyl (C=O) groups is 2. The molecule has 1 atom stereocenters. The zero-order chi connectivity index (χ0) is 21.3. The van der Waals surface area contributed by atoms with Crippen molar-refractivity contribution in [2.24, 2.45) is 5.73 Å². The SMILES string of the molecule is COc1cccc(OC)c1C(=O)N1CCOC(c2c(C(N)=O)sc3ncccc23)C1. The molecule has 2 aromatic heterocycles. The third kappa shape index (κ3) is 3.46. The first-order valence-electron chi connectivity index (χ1n) is 9.34. The van der Waals surface area contributed by atoms with Crippen molar-refractivity contribution in [2.45, 2.75) is 6.10 Å². The number of pyridine rings is 1. The number of ether oxygens (including phenoxy) is 3. The van der Waals surface area contributed by atoms with Crippen LogP contribution in [0.1, 0.15) is 31.7 Å². The number of primary amides is 1. The number of nitrogens with zero attached hydrogens (tertiary/aromatic N) is 2. The molecule has 0 aliphatic carbocycles. The predicted octanol–water partition coefficient (Wildman–Crippen LogP) is 2.63. The smallest absolute Gasteiger partial charge is 0.261 e. The van der Waals surface area contributed by atoms with E-state index in [0.717, 1.165) is 5.39 Å². The lowest BCUT2D eigenvalue weighted by Crippen LogP contribution is -2.42. The zero-order valence-corrected chi connectivity index (χ0v) is 17.4. The largest absolute Gasteiger partial charge is 0.496 e. The summed E-state index contributed by atoms with van der Waals surface area (Å²) in [5.74, 6) is 0.109. The van der Waals surface area contributed by atoms with Gasteiger partial charge in [0.25, 0.3) is 11.8 Å². The van der Waals surface area contributed by atoms with Crippen LogP contribution in [-0.2, 0) is 4.74 Å². The lowest BCUT2D eigenvalue weighted by Gasteiger charge is -2.34. The van der Waals surface area contributed by atoms with Crippen LogP contribution < -0.4 is 15.2 Å². The van der Waals surface area contributed by atoms with Gasteiger partial charge in [0.2, 0.25) is 0 Å². The zero-order valence-electron chi connectivity index (χ0n) is 16.6. The molecule has 2 N–H and O–H groups in total. The number of methoxy groups -OCH3 is 2. The molecular weight excluding hydrogens is 406 g/mol. The van der Waals surface area contributed by atoms with Crippen LogP contribution in [0.4, 0.5) is 0 Å². The number of hydrogen-bond donors (Lipinski definition) is 1. The highest BCUT2D eigenvalue weighted by atomic mass is 32.1. The second-order valence-corrected chi connectivity index (χ2v) is 7.71. The minimum absolute atomic E-state index is 0.226. The molecule has 1 aliphatic heterocycles.